The lowest BCUT2D eigenvalue weighted by Crippen LogP contribution is -2.45. The van der Waals surface area contributed by atoms with Crippen molar-refractivity contribution in [3.8, 4) is 11.5 Å². The number of nitrogens with one attached hydrogen (secondary N) is 1. The molecule has 0 bridgehead atoms. The number of H-pyrrole nitrogens is 1. The zero-order valence-electron chi connectivity index (χ0n) is 13.7. The average Bonchev–Trinajstić information content (AvgIpc) is 3.04. The molecule has 0 radical (unpaired) electrons. The molecule has 0 saturated carbocycles. The third-order valence-electron chi connectivity index (χ3n) is 4.23. The van der Waals surface area contributed by atoms with Gasteiger partial charge in [-0.05, 0) is 18.6 Å². The van der Waals surface area contributed by atoms with Gasteiger partial charge >= 0.3 is 0 Å². The number of carbonyl (C=O) groups is 1. The van der Waals surface area contributed by atoms with Crippen molar-refractivity contribution >= 4 is 16.8 Å². The second-order valence-corrected chi connectivity index (χ2v) is 5.63. The minimum atomic E-state index is -0.0102. The van der Waals surface area contributed by atoms with Crippen LogP contribution < -0.4 is 9.47 Å². The van der Waals surface area contributed by atoms with Crippen LogP contribution in [-0.2, 0) is 4.74 Å². The normalized spacial score (nSPS) is 18.2. The average molecular weight is 318 g/mol. The van der Waals surface area contributed by atoms with Gasteiger partial charge in [0.2, 0.25) is 0 Å². The maximum Gasteiger partial charge on any atom is 0.270 e. The van der Waals surface area contributed by atoms with Crippen LogP contribution in [0.25, 0.3) is 10.9 Å². The molecule has 1 saturated heterocycles. The van der Waals surface area contributed by atoms with Crippen LogP contribution in [0.4, 0.5) is 0 Å². The smallest absolute Gasteiger partial charge is 0.270 e. The molecule has 1 fully saturated rings. The maximum absolute atomic E-state index is 12.8. The monoisotopic (exact) mass is 318 g/mol. The number of aromatic amines is 1. The second-order valence-electron chi connectivity index (χ2n) is 5.63. The fourth-order valence-corrected chi connectivity index (χ4v) is 2.90. The molecule has 1 atom stereocenters. The van der Waals surface area contributed by atoms with Gasteiger partial charge in [0.05, 0.1) is 32.4 Å². The Bertz CT molecular complexity index is 710. The highest BCUT2D eigenvalue weighted by Gasteiger charge is 2.25. The van der Waals surface area contributed by atoms with E-state index in [1.807, 2.05) is 17.0 Å². The van der Waals surface area contributed by atoms with Gasteiger partial charge < -0.3 is 24.1 Å². The molecular formula is C17H22N2O4. The zero-order valence-corrected chi connectivity index (χ0v) is 13.7. The largest absolute Gasteiger partial charge is 0.497 e. The van der Waals surface area contributed by atoms with Crippen LogP contribution in [0.2, 0.25) is 0 Å². The summed E-state index contributed by atoms with van der Waals surface area (Å²) in [5, 5.41) is 0.893. The first-order valence-electron chi connectivity index (χ1n) is 7.81. The standard InChI is InChI=1S/C17H22N2O4/c1-4-12-10-19(5-6-23-12)17(20)14-8-11-7-13(21-2)9-15(22-3)16(11)18-14/h7-9,12,18H,4-6,10H2,1-3H3. The van der Waals surface area contributed by atoms with E-state index in [0.717, 1.165) is 17.3 Å². The van der Waals surface area contributed by atoms with Crippen molar-refractivity contribution in [2.45, 2.75) is 19.4 Å². The fourth-order valence-electron chi connectivity index (χ4n) is 2.90. The summed E-state index contributed by atoms with van der Waals surface area (Å²) in [6.45, 7) is 3.90. The number of aromatic nitrogens is 1. The molecule has 1 aromatic heterocycles. The Morgan fingerprint density at radius 1 is 1.35 bits per heavy atom. The van der Waals surface area contributed by atoms with Crippen LogP contribution in [0.15, 0.2) is 18.2 Å². The van der Waals surface area contributed by atoms with Gasteiger partial charge in [-0.3, -0.25) is 4.79 Å². The lowest BCUT2D eigenvalue weighted by Gasteiger charge is -2.32. The highest BCUT2D eigenvalue weighted by molar-refractivity contribution is 6.00. The Hall–Kier alpha value is -2.21. The number of fused-ring (bicyclic) bond motifs is 1. The molecule has 23 heavy (non-hydrogen) atoms. The van der Waals surface area contributed by atoms with Gasteiger partial charge in [0, 0.05) is 24.5 Å². The third-order valence-corrected chi connectivity index (χ3v) is 4.23. The van der Waals surface area contributed by atoms with Crippen molar-refractivity contribution in [3.05, 3.63) is 23.9 Å². The number of rotatable bonds is 4. The van der Waals surface area contributed by atoms with Crippen LogP contribution in [0.1, 0.15) is 23.8 Å². The van der Waals surface area contributed by atoms with E-state index in [1.165, 1.54) is 0 Å². The van der Waals surface area contributed by atoms with Crippen molar-refractivity contribution in [1.29, 1.82) is 0 Å². The number of amides is 1. The van der Waals surface area contributed by atoms with Crippen molar-refractivity contribution in [2.75, 3.05) is 33.9 Å². The van der Waals surface area contributed by atoms with Crippen LogP contribution in [-0.4, -0.2) is 55.8 Å². The van der Waals surface area contributed by atoms with Crippen LogP contribution in [0.5, 0.6) is 11.5 Å². The summed E-state index contributed by atoms with van der Waals surface area (Å²) in [6, 6.07) is 5.54. The number of hydrogen-bond donors (Lipinski definition) is 1. The Balaban J connectivity index is 1.92. The van der Waals surface area contributed by atoms with Crippen LogP contribution in [0.3, 0.4) is 0 Å². The molecule has 1 aliphatic rings. The van der Waals surface area contributed by atoms with Crippen LogP contribution in [0, 0.1) is 0 Å². The first-order chi connectivity index (χ1) is 11.2. The Morgan fingerprint density at radius 2 is 2.17 bits per heavy atom. The first kappa shape index (κ1) is 15.7. The molecular weight excluding hydrogens is 296 g/mol. The maximum atomic E-state index is 12.8. The van der Waals surface area contributed by atoms with Crippen molar-refractivity contribution in [3.63, 3.8) is 0 Å². The first-order valence-corrected chi connectivity index (χ1v) is 7.81. The predicted molar refractivity (Wildman–Crippen MR) is 87.3 cm³/mol. The fraction of sp³-hybridized carbons (Fsp3) is 0.471. The quantitative estimate of drug-likeness (QED) is 0.940. The summed E-state index contributed by atoms with van der Waals surface area (Å²) in [5.41, 5.74) is 1.36. The molecule has 6 heteroatoms. The van der Waals surface area contributed by atoms with Crippen molar-refractivity contribution in [2.24, 2.45) is 0 Å². The van der Waals surface area contributed by atoms with E-state index < -0.39 is 0 Å². The number of morpholine rings is 1. The molecule has 1 amide bonds. The molecule has 1 aliphatic heterocycles. The van der Waals surface area contributed by atoms with E-state index in [4.69, 9.17) is 14.2 Å². The summed E-state index contributed by atoms with van der Waals surface area (Å²) >= 11 is 0. The van der Waals surface area contributed by atoms with Crippen molar-refractivity contribution in [1.82, 2.24) is 9.88 Å². The zero-order chi connectivity index (χ0) is 16.4. The van der Waals surface area contributed by atoms with Gasteiger partial charge in [0.25, 0.3) is 5.91 Å². The van der Waals surface area contributed by atoms with Gasteiger partial charge in [0.1, 0.15) is 17.2 Å². The number of benzene rings is 1. The summed E-state index contributed by atoms with van der Waals surface area (Å²) in [7, 11) is 3.21. The summed E-state index contributed by atoms with van der Waals surface area (Å²) in [6.07, 6.45) is 1.02. The molecule has 6 nitrogen and oxygen atoms in total. The summed E-state index contributed by atoms with van der Waals surface area (Å²) in [4.78, 5) is 17.8. The molecule has 2 heterocycles. The van der Waals surface area contributed by atoms with E-state index in [0.29, 0.717) is 36.9 Å². The molecule has 0 spiro atoms. The van der Waals surface area contributed by atoms with E-state index >= 15 is 0 Å². The van der Waals surface area contributed by atoms with E-state index in [1.54, 1.807) is 20.3 Å². The van der Waals surface area contributed by atoms with Gasteiger partial charge in [-0.2, -0.15) is 0 Å². The molecule has 0 aliphatic carbocycles. The topological polar surface area (TPSA) is 63.8 Å². The Morgan fingerprint density at radius 3 is 2.87 bits per heavy atom. The highest BCUT2D eigenvalue weighted by atomic mass is 16.5. The number of hydrogen-bond acceptors (Lipinski definition) is 4. The molecule has 124 valence electrons. The van der Waals surface area contributed by atoms with Gasteiger partial charge in [-0.1, -0.05) is 6.92 Å². The SMILES string of the molecule is CCC1CN(C(=O)c2cc3cc(OC)cc(OC)c3[nH]2)CCO1. The third kappa shape index (κ3) is 2.99. The van der Waals surface area contributed by atoms with Crippen molar-refractivity contribution < 1.29 is 19.0 Å². The highest BCUT2D eigenvalue weighted by Crippen LogP contribution is 2.31. The van der Waals surface area contributed by atoms with E-state index in [9.17, 15) is 4.79 Å². The lowest BCUT2D eigenvalue weighted by molar-refractivity contribution is -0.0227. The van der Waals surface area contributed by atoms with Gasteiger partial charge in [0.15, 0.2) is 0 Å². The molecule has 1 unspecified atom stereocenters. The minimum Gasteiger partial charge on any atom is -0.497 e. The van der Waals surface area contributed by atoms with Gasteiger partial charge in [-0.25, -0.2) is 0 Å². The molecule has 2 aromatic rings. The molecule has 1 N–H and O–H groups in total. The molecule has 1 aromatic carbocycles. The Kier molecular flexibility index (Phi) is 4.43. The number of methoxy groups -OCH3 is 2. The number of nitrogens with zero attached hydrogens (tertiary/aromatic N) is 1. The second kappa shape index (κ2) is 6.50. The predicted octanol–water partition coefficient (Wildman–Crippen LogP) is 2.44. The molecule has 3 rings (SSSR count). The van der Waals surface area contributed by atoms with E-state index in [2.05, 4.69) is 11.9 Å². The summed E-state index contributed by atoms with van der Waals surface area (Å²) < 4.78 is 16.3. The van der Waals surface area contributed by atoms with Gasteiger partial charge in [-0.15, -0.1) is 0 Å². The number of carbonyl (C=O) groups excluding carboxylic acids is 1. The van der Waals surface area contributed by atoms with Crippen LogP contribution >= 0.6 is 0 Å². The lowest BCUT2D eigenvalue weighted by atomic mass is 10.2. The summed E-state index contributed by atoms with van der Waals surface area (Å²) in [5.74, 6) is 1.35. The minimum absolute atomic E-state index is 0.0102. The number of ether oxygens (including phenoxy) is 3. The Labute approximate surface area is 135 Å². The van der Waals surface area contributed by atoms with E-state index in [-0.39, 0.29) is 12.0 Å².